The Labute approximate surface area is 217 Å². The van der Waals surface area contributed by atoms with Gasteiger partial charge in [-0.25, -0.2) is 0 Å². The number of piperidine rings is 1. The van der Waals surface area contributed by atoms with Crippen LogP contribution in [-0.2, 0) is 9.63 Å². The summed E-state index contributed by atoms with van der Waals surface area (Å²) in [6.07, 6.45) is 3.13. The molecule has 7 nitrogen and oxygen atoms in total. The molecule has 0 radical (unpaired) electrons. The van der Waals surface area contributed by atoms with Crippen molar-refractivity contribution in [2.45, 2.75) is 37.8 Å². The van der Waals surface area contributed by atoms with Gasteiger partial charge in [-0.1, -0.05) is 59.8 Å². The zero-order chi connectivity index (χ0) is 25.8. The highest BCUT2D eigenvalue weighted by Gasteiger charge is 2.42. The van der Waals surface area contributed by atoms with E-state index in [2.05, 4.69) is 5.16 Å². The highest BCUT2D eigenvalue weighted by Crippen LogP contribution is 2.34. The molecule has 5 rings (SSSR count). The molecule has 2 fully saturated rings. The van der Waals surface area contributed by atoms with Gasteiger partial charge in [-0.05, 0) is 60.2 Å². The van der Waals surface area contributed by atoms with Crippen molar-refractivity contribution in [2.75, 3.05) is 20.2 Å². The van der Waals surface area contributed by atoms with E-state index in [0.29, 0.717) is 24.2 Å². The number of amides is 2. The van der Waals surface area contributed by atoms with Crippen LogP contribution in [0.25, 0.3) is 11.1 Å². The van der Waals surface area contributed by atoms with Gasteiger partial charge >= 0.3 is 0 Å². The molecule has 37 heavy (non-hydrogen) atoms. The Hall–Kier alpha value is -4.13. The van der Waals surface area contributed by atoms with Crippen molar-refractivity contribution in [2.24, 2.45) is 5.16 Å². The summed E-state index contributed by atoms with van der Waals surface area (Å²) >= 11 is 0. The predicted octanol–water partition coefficient (Wildman–Crippen LogP) is 5.03. The normalized spacial score (nSPS) is 20.7. The number of oxime groups is 1. The molecule has 190 valence electrons. The molecule has 2 saturated heterocycles. The van der Waals surface area contributed by atoms with Crippen molar-refractivity contribution in [3.63, 3.8) is 0 Å². The second kappa shape index (κ2) is 10.9. The Bertz CT molecular complexity index is 1270. The van der Waals surface area contributed by atoms with Crippen LogP contribution in [-0.4, -0.2) is 58.7 Å². The van der Waals surface area contributed by atoms with E-state index in [9.17, 15) is 14.7 Å². The molecule has 3 aromatic carbocycles. The van der Waals surface area contributed by atoms with Gasteiger partial charge < -0.3 is 19.7 Å². The van der Waals surface area contributed by atoms with Crippen molar-refractivity contribution >= 4 is 17.5 Å². The second-order valence-corrected chi connectivity index (χ2v) is 9.57. The molecule has 0 aromatic heterocycles. The molecule has 0 saturated carbocycles. The highest BCUT2D eigenvalue weighted by atomic mass is 16.6. The molecule has 3 aromatic rings. The number of phenolic OH excluding ortho intramolecular Hbond substituents is 1. The van der Waals surface area contributed by atoms with Crippen molar-refractivity contribution in [1.82, 2.24) is 9.80 Å². The van der Waals surface area contributed by atoms with Gasteiger partial charge in [0.05, 0.1) is 18.3 Å². The number of aromatic hydroxyl groups is 1. The molecular formula is C30H31N3O4. The summed E-state index contributed by atoms with van der Waals surface area (Å²) in [4.78, 5) is 36.2. The molecule has 0 bridgehead atoms. The van der Waals surface area contributed by atoms with Gasteiger partial charge in [-0.3, -0.25) is 9.59 Å². The standard InChI is InChI=1S/C30H31N3O4/c1-37-31-25-19-28(30(36)32-18-6-5-9-27(32)23-14-16-26(34)17-15-23)33(20-25)29(35)24-12-10-22(11-13-24)21-7-3-2-4-8-21/h2-4,7-8,10-17,27-28,34H,5-6,9,18-20H2,1H3/t27?,28-/m0/s1. The summed E-state index contributed by atoms with van der Waals surface area (Å²) in [5.41, 5.74) is 4.30. The van der Waals surface area contributed by atoms with Crippen LogP contribution in [0, 0.1) is 0 Å². The third kappa shape index (κ3) is 5.21. The first-order chi connectivity index (χ1) is 18.0. The zero-order valence-corrected chi connectivity index (χ0v) is 20.9. The number of carbonyl (C=O) groups excluding carboxylic acids is 2. The lowest BCUT2D eigenvalue weighted by atomic mass is 9.94. The quantitative estimate of drug-likeness (QED) is 0.501. The first kappa shape index (κ1) is 24.6. The van der Waals surface area contributed by atoms with Gasteiger partial charge in [0.25, 0.3) is 5.91 Å². The minimum absolute atomic E-state index is 0.0756. The van der Waals surface area contributed by atoms with Crippen LogP contribution < -0.4 is 0 Å². The summed E-state index contributed by atoms with van der Waals surface area (Å²) in [5, 5.41) is 13.8. The number of phenols is 1. The van der Waals surface area contributed by atoms with Crippen molar-refractivity contribution in [3.8, 4) is 16.9 Å². The largest absolute Gasteiger partial charge is 0.508 e. The molecule has 0 aliphatic carbocycles. The van der Waals surface area contributed by atoms with E-state index in [1.807, 2.05) is 71.6 Å². The van der Waals surface area contributed by atoms with Gasteiger partial charge in [-0.2, -0.15) is 0 Å². The fourth-order valence-electron chi connectivity index (χ4n) is 5.37. The van der Waals surface area contributed by atoms with Crippen LogP contribution in [0.4, 0.5) is 0 Å². The minimum Gasteiger partial charge on any atom is -0.508 e. The summed E-state index contributed by atoms with van der Waals surface area (Å²) < 4.78 is 0. The number of rotatable bonds is 5. The summed E-state index contributed by atoms with van der Waals surface area (Å²) in [5.74, 6) is -0.0745. The number of likely N-dealkylation sites (tertiary alicyclic amines) is 2. The van der Waals surface area contributed by atoms with Crippen LogP contribution in [0.2, 0.25) is 0 Å². The van der Waals surface area contributed by atoms with Gasteiger partial charge in [0.15, 0.2) is 0 Å². The van der Waals surface area contributed by atoms with Crippen LogP contribution in [0.15, 0.2) is 84.0 Å². The molecule has 2 amide bonds. The van der Waals surface area contributed by atoms with Crippen LogP contribution >= 0.6 is 0 Å². The number of hydrogen-bond acceptors (Lipinski definition) is 5. The van der Waals surface area contributed by atoms with E-state index < -0.39 is 6.04 Å². The maximum absolute atomic E-state index is 14.0. The molecule has 2 aliphatic heterocycles. The number of hydrogen-bond donors (Lipinski definition) is 1. The smallest absolute Gasteiger partial charge is 0.254 e. The first-order valence-electron chi connectivity index (χ1n) is 12.7. The molecule has 1 unspecified atom stereocenters. The minimum atomic E-state index is -0.645. The van der Waals surface area contributed by atoms with Gasteiger partial charge in [0.2, 0.25) is 5.91 Å². The average Bonchev–Trinajstić information content (AvgIpc) is 3.37. The number of nitrogens with zero attached hydrogens (tertiary/aromatic N) is 3. The summed E-state index contributed by atoms with van der Waals surface area (Å²) in [6, 6.07) is 23.8. The zero-order valence-electron chi connectivity index (χ0n) is 20.9. The molecule has 2 heterocycles. The van der Waals surface area contributed by atoms with Gasteiger partial charge in [0, 0.05) is 18.5 Å². The maximum Gasteiger partial charge on any atom is 0.254 e. The van der Waals surface area contributed by atoms with Crippen molar-refractivity contribution < 1.29 is 19.5 Å². The Balaban J connectivity index is 1.40. The van der Waals surface area contributed by atoms with Crippen molar-refractivity contribution in [1.29, 1.82) is 0 Å². The van der Waals surface area contributed by atoms with Crippen molar-refractivity contribution in [3.05, 3.63) is 90.0 Å². The maximum atomic E-state index is 14.0. The lowest BCUT2D eigenvalue weighted by Crippen LogP contribution is -2.50. The van der Waals surface area contributed by atoms with E-state index in [1.54, 1.807) is 17.0 Å². The molecule has 0 spiro atoms. The van der Waals surface area contributed by atoms with Gasteiger partial charge in [-0.15, -0.1) is 0 Å². The summed E-state index contributed by atoms with van der Waals surface area (Å²) in [7, 11) is 1.47. The second-order valence-electron chi connectivity index (χ2n) is 9.57. The topological polar surface area (TPSA) is 82.4 Å². The van der Waals surface area contributed by atoms with Crippen LogP contribution in [0.1, 0.15) is 47.6 Å². The number of carbonyl (C=O) groups is 2. The molecule has 2 aliphatic rings. The predicted molar refractivity (Wildman–Crippen MR) is 142 cm³/mol. The average molecular weight is 498 g/mol. The SMILES string of the molecule is CON=C1C[C@@H](C(=O)N2CCCCC2c2ccc(O)cc2)N(C(=O)c2ccc(-c3ccccc3)cc2)C1. The Morgan fingerprint density at radius 1 is 0.892 bits per heavy atom. The Kier molecular flexibility index (Phi) is 7.21. The van der Waals surface area contributed by atoms with E-state index >= 15 is 0 Å². The van der Waals surface area contributed by atoms with Gasteiger partial charge in [0.1, 0.15) is 18.9 Å². The molecular weight excluding hydrogens is 466 g/mol. The highest BCUT2D eigenvalue weighted by molar-refractivity contribution is 6.05. The van der Waals surface area contributed by atoms with E-state index in [4.69, 9.17) is 4.84 Å². The fourth-order valence-corrected chi connectivity index (χ4v) is 5.37. The van der Waals surface area contributed by atoms with E-state index in [0.717, 1.165) is 36.0 Å². The Morgan fingerprint density at radius 3 is 2.30 bits per heavy atom. The van der Waals surface area contributed by atoms with E-state index in [-0.39, 0.29) is 30.2 Å². The summed E-state index contributed by atoms with van der Waals surface area (Å²) in [6.45, 7) is 0.882. The lowest BCUT2D eigenvalue weighted by molar-refractivity contribution is -0.139. The third-order valence-electron chi connectivity index (χ3n) is 7.23. The molecule has 7 heteroatoms. The monoisotopic (exact) mass is 497 g/mol. The fraction of sp³-hybridized carbons (Fsp3) is 0.300. The lowest BCUT2D eigenvalue weighted by Gasteiger charge is -2.39. The van der Waals surface area contributed by atoms with Crippen LogP contribution in [0.3, 0.4) is 0 Å². The number of benzene rings is 3. The Morgan fingerprint density at radius 2 is 1.59 bits per heavy atom. The first-order valence-corrected chi connectivity index (χ1v) is 12.7. The third-order valence-corrected chi connectivity index (χ3v) is 7.23. The molecule has 1 N–H and O–H groups in total. The van der Waals surface area contributed by atoms with E-state index in [1.165, 1.54) is 7.11 Å². The molecule has 2 atom stereocenters. The van der Waals surface area contributed by atoms with Crippen LogP contribution in [0.5, 0.6) is 5.75 Å².